The summed E-state index contributed by atoms with van der Waals surface area (Å²) in [7, 11) is 1.79. The first-order chi connectivity index (χ1) is 12.2. The number of hydrogen-bond acceptors (Lipinski definition) is 2. The molecule has 0 saturated carbocycles. The Bertz CT molecular complexity index is 889. The van der Waals surface area contributed by atoms with Gasteiger partial charge in [-0.1, -0.05) is 42.5 Å². The van der Waals surface area contributed by atoms with Crippen molar-refractivity contribution >= 4 is 5.91 Å². The Hall–Kier alpha value is -3.32. The summed E-state index contributed by atoms with van der Waals surface area (Å²) in [5.74, 6) is -0.0229. The van der Waals surface area contributed by atoms with Gasteiger partial charge in [0.25, 0.3) is 5.91 Å². The molecule has 0 bridgehead atoms. The Kier molecular flexibility index (Phi) is 4.96. The van der Waals surface area contributed by atoms with Gasteiger partial charge in [-0.3, -0.25) is 4.79 Å². The average Bonchev–Trinajstić information content (AvgIpc) is 3.10. The third kappa shape index (κ3) is 3.96. The fraction of sp³-hybridized carbons (Fsp3) is 0.143. The van der Waals surface area contributed by atoms with E-state index in [1.807, 2.05) is 53.2 Å². The third-order valence-electron chi connectivity index (χ3n) is 4.09. The molecular formula is C21H19N3O. The van der Waals surface area contributed by atoms with Crippen LogP contribution in [0.25, 0.3) is 0 Å². The van der Waals surface area contributed by atoms with Gasteiger partial charge in [-0.15, -0.1) is 0 Å². The van der Waals surface area contributed by atoms with E-state index in [2.05, 4.69) is 18.2 Å². The highest BCUT2D eigenvalue weighted by atomic mass is 16.2. The van der Waals surface area contributed by atoms with Crippen LogP contribution in [-0.4, -0.2) is 22.4 Å². The Labute approximate surface area is 147 Å². The molecule has 1 aromatic heterocycles. The molecule has 1 amide bonds. The fourth-order valence-corrected chi connectivity index (χ4v) is 2.75. The highest BCUT2D eigenvalue weighted by Gasteiger charge is 2.16. The van der Waals surface area contributed by atoms with Gasteiger partial charge in [0.1, 0.15) is 5.69 Å². The molecule has 4 nitrogen and oxygen atoms in total. The van der Waals surface area contributed by atoms with Crippen LogP contribution < -0.4 is 0 Å². The Balaban J connectivity index is 1.72. The Morgan fingerprint density at radius 2 is 1.72 bits per heavy atom. The summed E-state index contributed by atoms with van der Waals surface area (Å²) >= 11 is 0. The molecule has 4 heteroatoms. The summed E-state index contributed by atoms with van der Waals surface area (Å²) in [6.45, 7) is 1.17. The van der Waals surface area contributed by atoms with Crippen LogP contribution in [0.15, 0.2) is 72.9 Å². The summed E-state index contributed by atoms with van der Waals surface area (Å²) in [6.07, 6.45) is 1.93. The van der Waals surface area contributed by atoms with E-state index in [4.69, 9.17) is 5.26 Å². The van der Waals surface area contributed by atoms with Crippen molar-refractivity contribution in [3.8, 4) is 6.07 Å². The van der Waals surface area contributed by atoms with Gasteiger partial charge in [0, 0.05) is 26.3 Å². The first-order valence-electron chi connectivity index (χ1n) is 8.11. The zero-order valence-electron chi connectivity index (χ0n) is 14.1. The number of rotatable bonds is 5. The lowest BCUT2D eigenvalue weighted by molar-refractivity contribution is 0.0775. The third-order valence-corrected chi connectivity index (χ3v) is 4.09. The molecule has 3 rings (SSSR count). The molecule has 0 unspecified atom stereocenters. The van der Waals surface area contributed by atoms with Crippen LogP contribution >= 0.6 is 0 Å². The van der Waals surface area contributed by atoms with Crippen LogP contribution in [0, 0.1) is 11.3 Å². The van der Waals surface area contributed by atoms with Crippen LogP contribution in [0.2, 0.25) is 0 Å². The molecule has 0 N–H and O–H groups in total. The number of benzene rings is 2. The molecule has 3 aromatic rings. The smallest absolute Gasteiger partial charge is 0.270 e. The van der Waals surface area contributed by atoms with Crippen LogP contribution in [0.5, 0.6) is 0 Å². The quantitative estimate of drug-likeness (QED) is 0.717. The molecule has 0 spiro atoms. The van der Waals surface area contributed by atoms with E-state index in [1.165, 1.54) is 0 Å². The van der Waals surface area contributed by atoms with Gasteiger partial charge >= 0.3 is 0 Å². The van der Waals surface area contributed by atoms with Gasteiger partial charge in [0.15, 0.2) is 0 Å². The van der Waals surface area contributed by atoms with Gasteiger partial charge in [0.2, 0.25) is 0 Å². The van der Waals surface area contributed by atoms with Gasteiger partial charge in [-0.25, -0.2) is 0 Å². The molecule has 2 aromatic carbocycles. The zero-order chi connectivity index (χ0) is 17.6. The second-order valence-corrected chi connectivity index (χ2v) is 5.98. The topological polar surface area (TPSA) is 49.0 Å². The summed E-state index contributed by atoms with van der Waals surface area (Å²) in [4.78, 5) is 14.5. The maximum absolute atomic E-state index is 12.8. The minimum Gasteiger partial charge on any atom is -0.339 e. The van der Waals surface area contributed by atoms with E-state index in [0.717, 1.165) is 11.1 Å². The lowest BCUT2D eigenvalue weighted by Crippen LogP contribution is -2.28. The minimum atomic E-state index is -0.0229. The molecule has 0 atom stereocenters. The lowest BCUT2D eigenvalue weighted by Gasteiger charge is -2.19. The molecule has 0 radical (unpaired) electrons. The van der Waals surface area contributed by atoms with Crippen molar-refractivity contribution in [1.82, 2.24) is 9.47 Å². The standard InChI is InChI=1S/C21H19N3O/c1-23(15-19-11-9-17(14-22)10-12-19)21(25)20-8-5-13-24(20)16-18-6-3-2-4-7-18/h2-13H,15-16H2,1H3. The summed E-state index contributed by atoms with van der Waals surface area (Å²) < 4.78 is 1.97. The van der Waals surface area contributed by atoms with E-state index < -0.39 is 0 Å². The molecule has 0 aliphatic rings. The highest BCUT2D eigenvalue weighted by Crippen LogP contribution is 2.12. The van der Waals surface area contributed by atoms with Gasteiger partial charge in [-0.2, -0.15) is 5.26 Å². The number of amides is 1. The lowest BCUT2D eigenvalue weighted by atomic mass is 10.1. The number of hydrogen-bond donors (Lipinski definition) is 0. The van der Waals surface area contributed by atoms with Crippen molar-refractivity contribution in [2.75, 3.05) is 7.05 Å². The van der Waals surface area contributed by atoms with Crippen molar-refractivity contribution in [2.45, 2.75) is 13.1 Å². The van der Waals surface area contributed by atoms with E-state index >= 15 is 0 Å². The molecule has 0 saturated heterocycles. The predicted molar refractivity (Wildman–Crippen MR) is 96.9 cm³/mol. The molecule has 0 fully saturated rings. The number of aromatic nitrogens is 1. The van der Waals surface area contributed by atoms with E-state index in [0.29, 0.717) is 24.3 Å². The van der Waals surface area contributed by atoms with Crippen molar-refractivity contribution < 1.29 is 4.79 Å². The van der Waals surface area contributed by atoms with Gasteiger partial charge in [-0.05, 0) is 35.4 Å². The van der Waals surface area contributed by atoms with Gasteiger partial charge < -0.3 is 9.47 Å². The Morgan fingerprint density at radius 1 is 1.00 bits per heavy atom. The van der Waals surface area contributed by atoms with Crippen molar-refractivity contribution in [3.63, 3.8) is 0 Å². The second-order valence-electron chi connectivity index (χ2n) is 5.98. The monoisotopic (exact) mass is 329 g/mol. The van der Waals surface area contributed by atoms with Crippen LogP contribution in [0.4, 0.5) is 0 Å². The van der Waals surface area contributed by atoms with Crippen molar-refractivity contribution in [2.24, 2.45) is 0 Å². The summed E-state index contributed by atoms with van der Waals surface area (Å²) in [5.41, 5.74) is 3.44. The normalized spacial score (nSPS) is 10.2. The van der Waals surface area contributed by atoms with Gasteiger partial charge in [0.05, 0.1) is 11.6 Å². The molecule has 25 heavy (non-hydrogen) atoms. The molecule has 0 aliphatic carbocycles. The van der Waals surface area contributed by atoms with Crippen LogP contribution in [0.3, 0.4) is 0 Å². The molecule has 1 heterocycles. The van der Waals surface area contributed by atoms with Crippen LogP contribution in [0.1, 0.15) is 27.2 Å². The fourth-order valence-electron chi connectivity index (χ4n) is 2.75. The summed E-state index contributed by atoms with van der Waals surface area (Å²) in [6, 6.07) is 23.2. The van der Waals surface area contributed by atoms with E-state index in [-0.39, 0.29) is 5.91 Å². The van der Waals surface area contributed by atoms with Crippen LogP contribution in [-0.2, 0) is 13.1 Å². The second kappa shape index (κ2) is 7.50. The maximum Gasteiger partial charge on any atom is 0.270 e. The maximum atomic E-state index is 12.8. The SMILES string of the molecule is CN(Cc1ccc(C#N)cc1)C(=O)c1cccn1Cc1ccccc1. The first kappa shape index (κ1) is 16.5. The Morgan fingerprint density at radius 3 is 2.40 bits per heavy atom. The largest absolute Gasteiger partial charge is 0.339 e. The van der Waals surface area contributed by atoms with E-state index in [1.54, 1.807) is 24.1 Å². The number of carbonyl (C=O) groups excluding carboxylic acids is 1. The number of nitriles is 1. The minimum absolute atomic E-state index is 0.0229. The molecule has 0 aliphatic heterocycles. The number of nitrogens with zero attached hydrogens (tertiary/aromatic N) is 3. The highest BCUT2D eigenvalue weighted by molar-refractivity contribution is 5.92. The van der Waals surface area contributed by atoms with Crippen molar-refractivity contribution in [3.05, 3.63) is 95.3 Å². The zero-order valence-corrected chi connectivity index (χ0v) is 14.1. The van der Waals surface area contributed by atoms with E-state index in [9.17, 15) is 4.79 Å². The number of carbonyl (C=O) groups is 1. The first-order valence-corrected chi connectivity index (χ1v) is 8.11. The molecule has 124 valence electrons. The van der Waals surface area contributed by atoms with Crippen molar-refractivity contribution in [1.29, 1.82) is 5.26 Å². The summed E-state index contributed by atoms with van der Waals surface area (Å²) in [5, 5.41) is 8.86. The predicted octanol–water partition coefficient (Wildman–Crippen LogP) is 3.68. The average molecular weight is 329 g/mol. The molecular weight excluding hydrogens is 310 g/mol.